The number of rotatable bonds is 5. The minimum Gasteiger partial charge on any atom is -0.334 e. The van der Waals surface area contributed by atoms with E-state index < -0.39 is 0 Å². The summed E-state index contributed by atoms with van der Waals surface area (Å²) in [4.78, 5) is 28.6. The van der Waals surface area contributed by atoms with Crippen molar-refractivity contribution < 1.29 is 9.59 Å². The number of anilines is 1. The number of carbonyl (C=O) groups is 2. The Bertz CT molecular complexity index is 815. The minimum absolute atomic E-state index is 0.0179. The van der Waals surface area contributed by atoms with Gasteiger partial charge in [-0.25, -0.2) is 4.79 Å². The van der Waals surface area contributed by atoms with E-state index in [1.165, 1.54) is 0 Å². The average molecular weight is 380 g/mol. The number of amides is 3. The SMILES string of the molecule is Cc1cccc(NC(=O)CN2CCN(C(=O)NCc3ccccc3)CC2)c1C. The summed E-state index contributed by atoms with van der Waals surface area (Å²) in [6.07, 6.45) is 0. The van der Waals surface area contributed by atoms with E-state index in [9.17, 15) is 9.59 Å². The molecule has 1 heterocycles. The Morgan fingerprint density at radius 2 is 1.64 bits per heavy atom. The van der Waals surface area contributed by atoms with Gasteiger partial charge in [-0.3, -0.25) is 9.69 Å². The lowest BCUT2D eigenvalue weighted by atomic mass is 10.1. The minimum atomic E-state index is -0.0525. The highest BCUT2D eigenvalue weighted by atomic mass is 16.2. The van der Waals surface area contributed by atoms with E-state index in [1.54, 1.807) is 0 Å². The second-order valence-electron chi connectivity index (χ2n) is 7.20. The van der Waals surface area contributed by atoms with E-state index in [2.05, 4.69) is 15.5 Å². The van der Waals surface area contributed by atoms with Crippen molar-refractivity contribution in [2.45, 2.75) is 20.4 Å². The fourth-order valence-electron chi connectivity index (χ4n) is 3.27. The molecule has 28 heavy (non-hydrogen) atoms. The number of hydrogen-bond acceptors (Lipinski definition) is 3. The molecule has 1 fully saturated rings. The third-order valence-electron chi connectivity index (χ3n) is 5.19. The van der Waals surface area contributed by atoms with Crippen LogP contribution in [0.15, 0.2) is 48.5 Å². The van der Waals surface area contributed by atoms with Gasteiger partial charge in [0.05, 0.1) is 6.54 Å². The van der Waals surface area contributed by atoms with Crippen molar-refractivity contribution in [2.75, 3.05) is 38.0 Å². The van der Waals surface area contributed by atoms with Gasteiger partial charge in [-0.05, 0) is 36.6 Å². The van der Waals surface area contributed by atoms with Crippen LogP contribution >= 0.6 is 0 Å². The fraction of sp³-hybridized carbons (Fsp3) is 0.364. The van der Waals surface area contributed by atoms with Gasteiger partial charge in [0.2, 0.25) is 5.91 Å². The van der Waals surface area contributed by atoms with Crippen molar-refractivity contribution in [3.63, 3.8) is 0 Å². The highest BCUT2D eigenvalue weighted by Crippen LogP contribution is 2.18. The highest BCUT2D eigenvalue weighted by Gasteiger charge is 2.22. The number of nitrogens with one attached hydrogen (secondary N) is 2. The molecule has 1 aliphatic heterocycles. The summed E-state index contributed by atoms with van der Waals surface area (Å²) in [5.74, 6) is -0.0179. The third kappa shape index (κ3) is 5.33. The number of aryl methyl sites for hydroxylation is 1. The van der Waals surface area contributed by atoms with Gasteiger partial charge < -0.3 is 15.5 Å². The molecule has 0 aromatic heterocycles. The van der Waals surface area contributed by atoms with Crippen molar-refractivity contribution in [3.8, 4) is 0 Å². The first kappa shape index (κ1) is 19.9. The van der Waals surface area contributed by atoms with E-state index in [0.717, 1.165) is 22.4 Å². The molecule has 2 N–H and O–H groups in total. The Kier molecular flexibility index (Phi) is 6.66. The Morgan fingerprint density at radius 1 is 0.929 bits per heavy atom. The van der Waals surface area contributed by atoms with Gasteiger partial charge in [-0.1, -0.05) is 42.5 Å². The molecule has 0 saturated carbocycles. The molecule has 6 heteroatoms. The van der Waals surface area contributed by atoms with Crippen LogP contribution in [0.3, 0.4) is 0 Å². The molecule has 2 aromatic rings. The molecule has 0 bridgehead atoms. The summed E-state index contributed by atoms with van der Waals surface area (Å²) >= 11 is 0. The Hall–Kier alpha value is -2.86. The highest BCUT2D eigenvalue weighted by molar-refractivity contribution is 5.93. The zero-order valence-corrected chi connectivity index (χ0v) is 16.6. The molecule has 0 atom stereocenters. The van der Waals surface area contributed by atoms with Crippen molar-refractivity contribution in [1.29, 1.82) is 0 Å². The van der Waals surface area contributed by atoms with E-state index >= 15 is 0 Å². The van der Waals surface area contributed by atoms with Gasteiger partial charge >= 0.3 is 6.03 Å². The van der Waals surface area contributed by atoms with Crippen molar-refractivity contribution >= 4 is 17.6 Å². The van der Waals surface area contributed by atoms with Crippen LogP contribution in [-0.4, -0.2) is 54.5 Å². The number of benzene rings is 2. The summed E-state index contributed by atoms with van der Waals surface area (Å²) in [5.41, 5.74) is 4.20. The molecule has 6 nitrogen and oxygen atoms in total. The molecule has 2 aromatic carbocycles. The maximum Gasteiger partial charge on any atom is 0.317 e. The molecular formula is C22H28N4O2. The van der Waals surface area contributed by atoms with E-state index in [4.69, 9.17) is 0 Å². The van der Waals surface area contributed by atoms with Gasteiger partial charge in [0.25, 0.3) is 0 Å². The van der Waals surface area contributed by atoms with Crippen LogP contribution in [0.2, 0.25) is 0 Å². The first-order chi connectivity index (χ1) is 13.5. The zero-order chi connectivity index (χ0) is 19.9. The Morgan fingerprint density at radius 3 is 2.36 bits per heavy atom. The number of hydrogen-bond donors (Lipinski definition) is 2. The zero-order valence-electron chi connectivity index (χ0n) is 16.6. The van der Waals surface area contributed by atoms with E-state index in [0.29, 0.717) is 39.3 Å². The van der Waals surface area contributed by atoms with Crippen LogP contribution in [0, 0.1) is 13.8 Å². The molecule has 0 radical (unpaired) electrons. The van der Waals surface area contributed by atoms with Crippen LogP contribution in [0.5, 0.6) is 0 Å². The summed E-state index contributed by atoms with van der Waals surface area (Å²) in [5, 5.41) is 5.95. The van der Waals surface area contributed by atoms with Gasteiger partial charge in [-0.15, -0.1) is 0 Å². The lowest BCUT2D eigenvalue weighted by Crippen LogP contribution is -2.52. The molecule has 0 spiro atoms. The maximum absolute atomic E-state index is 12.4. The van der Waals surface area contributed by atoms with Gasteiger partial charge in [0.1, 0.15) is 0 Å². The fourth-order valence-corrected chi connectivity index (χ4v) is 3.27. The van der Waals surface area contributed by atoms with Crippen LogP contribution in [-0.2, 0) is 11.3 Å². The molecule has 0 aliphatic carbocycles. The average Bonchev–Trinajstić information content (AvgIpc) is 2.71. The molecule has 1 saturated heterocycles. The van der Waals surface area contributed by atoms with E-state index in [1.807, 2.05) is 67.3 Å². The number of urea groups is 1. The Balaban J connectivity index is 1.41. The van der Waals surface area contributed by atoms with Crippen LogP contribution in [0.4, 0.5) is 10.5 Å². The van der Waals surface area contributed by atoms with Crippen molar-refractivity contribution in [2.24, 2.45) is 0 Å². The largest absolute Gasteiger partial charge is 0.334 e. The summed E-state index contributed by atoms with van der Waals surface area (Å²) < 4.78 is 0. The topological polar surface area (TPSA) is 64.7 Å². The maximum atomic E-state index is 12.4. The predicted molar refractivity (Wildman–Crippen MR) is 111 cm³/mol. The second kappa shape index (κ2) is 9.37. The monoisotopic (exact) mass is 380 g/mol. The second-order valence-corrected chi connectivity index (χ2v) is 7.20. The molecule has 3 amide bonds. The molecule has 1 aliphatic rings. The first-order valence-electron chi connectivity index (χ1n) is 9.68. The van der Waals surface area contributed by atoms with Crippen molar-refractivity contribution in [3.05, 3.63) is 65.2 Å². The van der Waals surface area contributed by atoms with Crippen LogP contribution in [0.1, 0.15) is 16.7 Å². The number of piperazine rings is 1. The number of nitrogens with zero attached hydrogens (tertiary/aromatic N) is 2. The Labute approximate surface area is 166 Å². The van der Waals surface area contributed by atoms with Crippen LogP contribution in [0.25, 0.3) is 0 Å². The first-order valence-corrected chi connectivity index (χ1v) is 9.68. The summed E-state index contributed by atoms with van der Waals surface area (Å²) in [7, 11) is 0. The molecule has 148 valence electrons. The summed E-state index contributed by atoms with van der Waals surface area (Å²) in [6, 6.07) is 15.7. The van der Waals surface area contributed by atoms with Gasteiger partial charge in [-0.2, -0.15) is 0 Å². The standard InChI is InChI=1S/C22H28N4O2/c1-17-7-6-10-20(18(17)2)24-21(27)16-25-11-13-26(14-12-25)22(28)23-15-19-8-4-3-5-9-19/h3-10H,11-16H2,1-2H3,(H,23,28)(H,24,27). The number of carbonyl (C=O) groups excluding carboxylic acids is 2. The lowest BCUT2D eigenvalue weighted by Gasteiger charge is -2.34. The predicted octanol–water partition coefficient (Wildman–Crippen LogP) is 2.77. The molecule has 3 rings (SSSR count). The summed E-state index contributed by atoms with van der Waals surface area (Å²) in [6.45, 7) is 7.54. The lowest BCUT2D eigenvalue weighted by molar-refractivity contribution is -0.117. The normalized spacial score (nSPS) is 14.6. The van der Waals surface area contributed by atoms with Gasteiger partial charge in [0.15, 0.2) is 0 Å². The van der Waals surface area contributed by atoms with Crippen LogP contribution < -0.4 is 10.6 Å². The quantitative estimate of drug-likeness (QED) is 0.838. The van der Waals surface area contributed by atoms with E-state index in [-0.39, 0.29) is 11.9 Å². The third-order valence-corrected chi connectivity index (χ3v) is 5.19. The molecule has 0 unspecified atom stereocenters. The van der Waals surface area contributed by atoms with Crippen molar-refractivity contribution in [1.82, 2.24) is 15.1 Å². The smallest absolute Gasteiger partial charge is 0.317 e. The molecular weight excluding hydrogens is 352 g/mol. The van der Waals surface area contributed by atoms with Gasteiger partial charge in [0, 0.05) is 38.4 Å².